The first-order valence-electron chi connectivity index (χ1n) is 7.77. The molecule has 0 aromatic heterocycles. The summed E-state index contributed by atoms with van der Waals surface area (Å²) in [5.74, 6) is 6.69. The summed E-state index contributed by atoms with van der Waals surface area (Å²) in [6, 6.07) is 7.51. The number of hydrogen-bond donors (Lipinski definition) is 2. The lowest BCUT2D eigenvalue weighted by atomic mass is 10.0. The molecule has 0 unspecified atom stereocenters. The Balaban J connectivity index is 1.77. The quantitative estimate of drug-likeness (QED) is 0.815. The second-order valence-corrected chi connectivity index (χ2v) is 5.59. The number of rotatable bonds is 5. The molecule has 1 amide bonds. The molecule has 2 rings (SSSR count). The van der Waals surface area contributed by atoms with Gasteiger partial charge in [-0.3, -0.25) is 4.79 Å². The summed E-state index contributed by atoms with van der Waals surface area (Å²) in [6.07, 6.45) is 7.33. The molecule has 3 nitrogen and oxygen atoms in total. The lowest BCUT2D eigenvalue weighted by molar-refractivity contribution is -0.116. The standard InChI is InChI=1S/C18H23NO2/c20-14-4-3-7-16-8-11-17(12-9-16)19-18(21)13-10-15-5-1-2-6-15/h8-9,11-12,15,20H,1-2,4-6,10,13-14H2,(H,19,21). The van der Waals surface area contributed by atoms with Gasteiger partial charge in [-0.05, 0) is 36.6 Å². The van der Waals surface area contributed by atoms with Crippen molar-refractivity contribution in [2.75, 3.05) is 11.9 Å². The maximum absolute atomic E-state index is 11.9. The van der Waals surface area contributed by atoms with Gasteiger partial charge in [0.25, 0.3) is 0 Å². The van der Waals surface area contributed by atoms with Gasteiger partial charge < -0.3 is 10.4 Å². The van der Waals surface area contributed by atoms with Gasteiger partial charge in [0, 0.05) is 24.1 Å². The number of aliphatic hydroxyl groups is 1. The Morgan fingerprint density at radius 2 is 1.95 bits per heavy atom. The van der Waals surface area contributed by atoms with Crippen molar-refractivity contribution in [3.63, 3.8) is 0 Å². The molecule has 0 atom stereocenters. The minimum Gasteiger partial charge on any atom is -0.395 e. The third-order valence-corrected chi connectivity index (χ3v) is 3.89. The van der Waals surface area contributed by atoms with Crippen molar-refractivity contribution in [1.82, 2.24) is 0 Å². The highest BCUT2D eigenvalue weighted by Crippen LogP contribution is 2.28. The van der Waals surface area contributed by atoms with Crippen LogP contribution in [0.25, 0.3) is 0 Å². The van der Waals surface area contributed by atoms with Crippen molar-refractivity contribution in [3.8, 4) is 11.8 Å². The van der Waals surface area contributed by atoms with Crippen LogP contribution in [0.2, 0.25) is 0 Å². The number of amides is 1. The predicted octanol–water partition coefficient (Wildman–Crippen LogP) is 3.33. The van der Waals surface area contributed by atoms with Crippen LogP contribution in [-0.2, 0) is 4.79 Å². The van der Waals surface area contributed by atoms with Gasteiger partial charge in [-0.2, -0.15) is 0 Å². The third-order valence-electron chi connectivity index (χ3n) is 3.89. The van der Waals surface area contributed by atoms with Crippen molar-refractivity contribution in [2.45, 2.75) is 44.9 Å². The first-order valence-corrected chi connectivity index (χ1v) is 7.77. The molecule has 1 aromatic rings. The van der Waals surface area contributed by atoms with Crippen LogP contribution < -0.4 is 5.32 Å². The predicted molar refractivity (Wildman–Crippen MR) is 84.8 cm³/mol. The van der Waals surface area contributed by atoms with Gasteiger partial charge >= 0.3 is 0 Å². The number of benzene rings is 1. The Morgan fingerprint density at radius 3 is 2.62 bits per heavy atom. The van der Waals surface area contributed by atoms with E-state index >= 15 is 0 Å². The van der Waals surface area contributed by atoms with Crippen molar-refractivity contribution in [1.29, 1.82) is 0 Å². The summed E-state index contributed by atoms with van der Waals surface area (Å²) in [5, 5.41) is 11.6. The molecule has 0 spiro atoms. The Labute approximate surface area is 126 Å². The molecule has 0 saturated heterocycles. The fraction of sp³-hybridized carbons (Fsp3) is 0.500. The largest absolute Gasteiger partial charge is 0.395 e. The van der Waals surface area contributed by atoms with Crippen LogP contribution in [0.3, 0.4) is 0 Å². The Bertz CT molecular complexity index is 504. The molecule has 1 aliphatic rings. The van der Waals surface area contributed by atoms with Crippen molar-refractivity contribution in [2.24, 2.45) is 5.92 Å². The van der Waals surface area contributed by atoms with Gasteiger partial charge in [0.05, 0.1) is 6.61 Å². The van der Waals surface area contributed by atoms with E-state index in [-0.39, 0.29) is 12.5 Å². The number of aliphatic hydroxyl groups excluding tert-OH is 1. The molecule has 21 heavy (non-hydrogen) atoms. The van der Waals surface area contributed by atoms with Gasteiger partial charge in [-0.15, -0.1) is 0 Å². The second kappa shape index (κ2) is 8.49. The van der Waals surface area contributed by atoms with Crippen molar-refractivity contribution >= 4 is 11.6 Å². The van der Waals surface area contributed by atoms with E-state index in [0.717, 1.165) is 23.6 Å². The molecule has 0 bridgehead atoms. The number of carbonyl (C=O) groups is 1. The molecule has 2 N–H and O–H groups in total. The smallest absolute Gasteiger partial charge is 0.224 e. The van der Waals surface area contributed by atoms with E-state index in [2.05, 4.69) is 17.2 Å². The maximum Gasteiger partial charge on any atom is 0.224 e. The Kier molecular flexibility index (Phi) is 6.30. The summed E-state index contributed by atoms with van der Waals surface area (Å²) in [6.45, 7) is 0.0855. The van der Waals surface area contributed by atoms with Gasteiger partial charge in [-0.1, -0.05) is 37.5 Å². The van der Waals surface area contributed by atoms with Crippen LogP contribution in [0.5, 0.6) is 0 Å². The molecular weight excluding hydrogens is 262 g/mol. The van der Waals surface area contributed by atoms with E-state index in [9.17, 15) is 4.79 Å². The van der Waals surface area contributed by atoms with Gasteiger partial charge in [-0.25, -0.2) is 0 Å². The highest BCUT2D eigenvalue weighted by Gasteiger charge is 2.16. The summed E-state index contributed by atoms with van der Waals surface area (Å²) in [5.41, 5.74) is 1.71. The molecule has 0 radical (unpaired) electrons. The monoisotopic (exact) mass is 285 g/mol. The van der Waals surface area contributed by atoms with Crippen LogP contribution in [0, 0.1) is 17.8 Å². The van der Waals surface area contributed by atoms with Crippen molar-refractivity contribution < 1.29 is 9.90 Å². The first-order chi connectivity index (χ1) is 10.3. The number of carbonyl (C=O) groups excluding carboxylic acids is 1. The first kappa shape index (κ1) is 15.6. The Hall–Kier alpha value is -1.79. The summed E-state index contributed by atoms with van der Waals surface area (Å²) < 4.78 is 0. The molecule has 0 aliphatic heterocycles. The number of anilines is 1. The van der Waals surface area contributed by atoms with E-state index in [1.165, 1.54) is 25.7 Å². The highest BCUT2D eigenvalue weighted by atomic mass is 16.2. The molecule has 1 aromatic carbocycles. The van der Waals surface area contributed by atoms with Gasteiger partial charge in [0.15, 0.2) is 0 Å². The van der Waals surface area contributed by atoms with Crippen LogP contribution in [0.4, 0.5) is 5.69 Å². The lowest BCUT2D eigenvalue weighted by Crippen LogP contribution is -2.12. The molecular formula is C18H23NO2. The molecule has 1 fully saturated rings. The van der Waals surface area contributed by atoms with E-state index in [1.54, 1.807) is 0 Å². The Morgan fingerprint density at radius 1 is 1.24 bits per heavy atom. The fourth-order valence-corrected chi connectivity index (χ4v) is 2.72. The summed E-state index contributed by atoms with van der Waals surface area (Å²) in [7, 11) is 0. The molecule has 0 heterocycles. The number of hydrogen-bond acceptors (Lipinski definition) is 2. The van der Waals surface area contributed by atoms with Crippen LogP contribution in [-0.4, -0.2) is 17.6 Å². The fourth-order valence-electron chi connectivity index (χ4n) is 2.72. The molecule has 1 aliphatic carbocycles. The van der Waals surface area contributed by atoms with Crippen LogP contribution in [0.1, 0.15) is 50.5 Å². The normalized spacial score (nSPS) is 14.5. The summed E-state index contributed by atoms with van der Waals surface area (Å²) >= 11 is 0. The second-order valence-electron chi connectivity index (χ2n) is 5.59. The van der Waals surface area contributed by atoms with Crippen LogP contribution >= 0.6 is 0 Å². The zero-order chi connectivity index (χ0) is 14.9. The van der Waals surface area contributed by atoms with E-state index < -0.39 is 0 Å². The van der Waals surface area contributed by atoms with E-state index in [1.807, 2.05) is 24.3 Å². The topological polar surface area (TPSA) is 49.3 Å². The zero-order valence-corrected chi connectivity index (χ0v) is 12.4. The molecule has 3 heteroatoms. The minimum atomic E-state index is 0.0855. The SMILES string of the molecule is O=C(CCC1CCCC1)Nc1ccc(C#CCCO)cc1. The van der Waals surface area contributed by atoms with E-state index in [4.69, 9.17) is 5.11 Å². The lowest BCUT2D eigenvalue weighted by Gasteiger charge is -2.09. The van der Waals surface area contributed by atoms with Crippen LogP contribution in [0.15, 0.2) is 24.3 Å². The summed E-state index contributed by atoms with van der Waals surface area (Å²) in [4.78, 5) is 11.9. The average molecular weight is 285 g/mol. The number of nitrogens with one attached hydrogen (secondary N) is 1. The van der Waals surface area contributed by atoms with Crippen molar-refractivity contribution in [3.05, 3.63) is 29.8 Å². The van der Waals surface area contributed by atoms with Gasteiger partial charge in [0.2, 0.25) is 5.91 Å². The zero-order valence-electron chi connectivity index (χ0n) is 12.4. The van der Waals surface area contributed by atoms with E-state index in [0.29, 0.717) is 12.8 Å². The minimum absolute atomic E-state index is 0.0855. The average Bonchev–Trinajstić information content (AvgIpc) is 3.01. The van der Waals surface area contributed by atoms with Gasteiger partial charge in [0.1, 0.15) is 0 Å². The third kappa shape index (κ3) is 5.61. The molecule has 112 valence electrons. The highest BCUT2D eigenvalue weighted by molar-refractivity contribution is 5.90. The molecule has 1 saturated carbocycles. The maximum atomic E-state index is 11.9.